The summed E-state index contributed by atoms with van der Waals surface area (Å²) < 4.78 is 1.86. The molecule has 1 N–H and O–H groups in total. The Morgan fingerprint density at radius 2 is 2.10 bits per heavy atom. The van der Waals surface area contributed by atoms with Crippen molar-refractivity contribution >= 4 is 5.91 Å². The first-order chi connectivity index (χ1) is 13.7. The van der Waals surface area contributed by atoms with Crippen LogP contribution in [0.1, 0.15) is 62.3 Å². The van der Waals surface area contributed by atoms with Gasteiger partial charge in [0.2, 0.25) is 0 Å². The SMILES string of the molecule is C=C(CC(C)CN1Cc2cn(-c3ccc(C(=O)NC)nc3)nc2C1)C(C)(C)CC. The van der Waals surface area contributed by atoms with Gasteiger partial charge in [0.05, 0.1) is 17.6 Å². The van der Waals surface area contributed by atoms with Crippen LogP contribution in [0.5, 0.6) is 0 Å². The van der Waals surface area contributed by atoms with E-state index in [1.165, 1.54) is 11.1 Å². The van der Waals surface area contributed by atoms with E-state index < -0.39 is 0 Å². The monoisotopic (exact) mass is 395 g/mol. The van der Waals surface area contributed by atoms with E-state index >= 15 is 0 Å². The molecule has 1 aliphatic heterocycles. The molecular formula is C23H33N5O. The number of carbonyl (C=O) groups is 1. The highest BCUT2D eigenvalue weighted by Gasteiger charge is 2.26. The normalized spacial score (nSPS) is 15.2. The summed E-state index contributed by atoms with van der Waals surface area (Å²) in [6.07, 6.45) is 5.96. The lowest BCUT2D eigenvalue weighted by atomic mass is 9.78. The first-order valence-electron chi connectivity index (χ1n) is 10.4. The molecule has 0 bridgehead atoms. The van der Waals surface area contributed by atoms with Gasteiger partial charge in [0.25, 0.3) is 5.91 Å². The molecule has 0 saturated carbocycles. The number of nitrogens with one attached hydrogen (secondary N) is 1. The first-order valence-corrected chi connectivity index (χ1v) is 10.4. The summed E-state index contributed by atoms with van der Waals surface area (Å²) in [5.74, 6) is 0.389. The average molecular weight is 396 g/mol. The highest BCUT2D eigenvalue weighted by molar-refractivity contribution is 5.92. The van der Waals surface area contributed by atoms with Crippen LogP contribution in [0.25, 0.3) is 5.69 Å². The van der Waals surface area contributed by atoms with Gasteiger partial charge < -0.3 is 5.32 Å². The van der Waals surface area contributed by atoms with Crippen molar-refractivity contribution in [3.8, 4) is 5.69 Å². The molecule has 3 rings (SSSR count). The van der Waals surface area contributed by atoms with Crippen LogP contribution in [0, 0.1) is 11.3 Å². The summed E-state index contributed by atoms with van der Waals surface area (Å²) in [5, 5.41) is 7.32. The predicted molar refractivity (Wildman–Crippen MR) is 116 cm³/mol. The largest absolute Gasteiger partial charge is 0.354 e. The first kappa shape index (κ1) is 21.2. The molecule has 0 saturated heterocycles. The number of pyridine rings is 1. The van der Waals surface area contributed by atoms with Gasteiger partial charge in [-0.15, -0.1) is 0 Å². The van der Waals surface area contributed by atoms with E-state index in [9.17, 15) is 4.79 Å². The maximum absolute atomic E-state index is 11.6. The van der Waals surface area contributed by atoms with Gasteiger partial charge >= 0.3 is 0 Å². The Morgan fingerprint density at radius 1 is 1.34 bits per heavy atom. The van der Waals surface area contributed by atoms with E-state index in [-0.39, 0.29) is 11.3 Å². The van der Waals surface area contributed by atoms with Gasteiger partial charge in [-0.05, 0) is 36.3 Å². The minimum absolute atomic E-state index is 0.186. The topological polar surface area (TPSA) is 63.1 Å². The fourth-order valence-electron chi connectivity index (χ4n) is 3.72. The van der Waals surface area contributed by atoms with Crippen molar-refractivity contribution in [3.63, 3.8) is 0 Å². The zero-order valence-corrected chi connectivity index (χ0v) is 18.3. The van der Waals surface area contributed by atoms with Crippen LogP contribution < -0.4 is 5.32 Å². The lowest BCUT2D eigenvalue weighted by Crippen LogP contribution is -2.25. The highest BCUT2D eigenvalue weighted by Crippen LogP contribution is 2.33. The maximum atomic E-state index is 11.6. The van der Waals surface area contributed by atoms with Crippen molar-refractivity contribution in [2.24, 2.45) is 11.3 Å². The number of hydrogen-bond donors (Lipinski definition) is 1. The molecule has 0 radical (unpaired) electrons. The Balaban J connectivity index is 1.58. The molecule has 6 heteroatoms. The molecule has 0 spiro atoms. The molecule has 1 atom stereocenters. The summed E-state index contributed by atoms with van der Waals surface area (Å²) in [4.78, 5) is 18.3. The molecule has 0 fully saturated rings. The fraction of sp³-hybridized carbons (Fsp3) is 0.522. The van der Waals surface area contributed by atoms with Gasteiger partial charge in [0.15, 0.2) is 0 Å². The lowest BCUT2D eigenvalue weighted by Gasteiger charge is -2.29. The molecule has 0 aromatic carbocycles. The molecule has 29 heavy (non-hydrogen) atoms. The molecule has 1 aliphatic rings. The van der Waals surface area contributed by atoms with Crippen molar-refractivity contribution in [1.82, 2.24) is 25.0 Å². The summed E-state index contributed by atoms with van der Waals surface area (Å²) >= 11 is 0. The van der Waals surface area contributed by atoms with Crippen molar-refractivity contribution in [2.75, 3.05) is 13.6 Å². The standard InChI is InChI=1S/C23H33N5O/c1-7-23(4,5)17(3)10-16(2)12-27-13-18-14-28(26-21(18)15-27)19-8-9-20(25-11-19)22(29)24-6/h8-9,11,14,16H,3,7,10,12-13,15H2,1-2,4-6H3,(H,24,29). The molecule has 1 amide bonds. The number of amides is 1. The van der Waals surface area contributed by atoms with Crippen LogP contribution in [0.2, 0.25) is 0 Å². The zero-order valence-electron chi connectivity index (χ0n) is 18.3. The average Bonchev–Trinajstić information content (AvgIpc) is 3.25. The van der Waals surface area contributed by atoms with E-state index in [0.29, 0.717) is 11.6 Å². The van der Waals surface area contributed by atoms with Gasteiger partial charge in [-0.1, -0.05) is 39.8 Å². The van der Waals surface area contributed by atoms with E-state index in [2.05, 4.69) is 55.7 Å². The van der Waals surface area contributed by atoms with Crippen LogP contribution in [-0.2, 0) is 13.1 Å². The Labute approximate surface area is 174 Å². The third-order valence-electron chi connectivity index (χ3n) is 6.12. The fourth-order valence-corrected chi connectivity index (χ4v) is 3.72. The second-order valence-electron chi connectivity index (χ2n) is 8.85. The van der Waals surface area contributed by atoms with Crippen molar-refractivity contribution in [2.45, 2.75) is 53.6 Å². The van der Waals surface area contributed by atoms with Crippen molar-refractivity contribution in [1.29, 1.82) is 0 Å². The third-order valence-corrected chi connectivity index (χ3v) is 6.12. The third kappa shape index (κ3) is 4.75. The van der Waals surface area contributed by atoms with Gasteiger partial charge in [-0.25, -0.2) is 9.67 Å². The molecule has 2 aromatic heterocycles. The smallest absolute Gasteiger partial charge is 0.269 e. The van der Waals surface area contributed by atoms with Crippen LogP contribution in [-0.4, -0.2) is 39.2 Å². The molecular weight excluding hydrogens is 362 g/mol. The Hall–Kier alpha value is -2.47. The molecule has 156 valence electrons. The van der Waals surface area contributed by atoms with E-state index in [1.807, 2.05) is 10.7 Å². The maximum Gasteiger partial charge on any atom is 0.269 e. The van der Waals surface area contributed by atoms with Crippen LogP contribution in [0.4, 0.5) is 0 Å². The molecule has 0 aliphatic carbocycles. The quantitative estimate of drug-likeness (QED) is 0.687. The Kier molecular flexibility index (Phi) is 6.22. The van der Waals surface area contributed by atoms with E-state index in [0.717, 1.165) is 43.9 Å². The van der Waals surface area contributed by atoms with Crippen LogP contribution >= 0.6 is 0 Å². The van der Waals surface area contributed by atoms with Gasteiger partial charge in [0.1, 0.15) is 5.69 Å². The second-order valence-corrected chi connectivity index (χ2v) is 8.85. The summed E-state index contributed by atoms with van der Waals surface area (Å²) in [7, 11) is 1.60. The van der Waals surface area contributed by atoms with Crippen molar-refractivity contribution < 1.29 is 4.79 Å². The van der Waals surface area contributed by atoms with Crippen molar-refractivity contribution in [3.05, 3.63) is 53.6 Å². The molecule has 1 unspecified atom stereocenters. The number of aromatic nitrogens is 3. The number of fused-ring (bicyclic) bond motifs is 1. The van der Waals surface area contributed by atoms with Gasteiger partial charge in [-0.3, -0.25) is 9.69 Å². The van der Waals surface area contributed by atoms with Gasteiger partial charge in [-0.2, -0.15) is 5.10 Å². The molecule has 3 heterocycles. The molecule has 6 nitrogen and oxygen atoms in total. The number of nitrogens with zero attached hydrogens (tertiary/aromatic N) is 4. The minimum atomic E-state index is -0.186. The minimum Gasteiger partial charge on any atom is -0.354 e. The van der Waals surface area contributed by atoms with Crippen LogP contribution in [0.3, 0.4) is 0 Å². The van der Waals surface area contributed by atoms with E-state index in [1.54, 1.807) is 19.3 Å². The summed E-state index contributed by atoms with van der Waals surface area (Å²) in [5.41, 5.74) is 5.22. The van der Waals surface area contributed by atoms with E-state index in [4.69, 9.17) is 5.10 Å². The predicted octanol–water partition coefficient (Wildman–Crippen LogP) is 3.96. The highest BCUT2D eigenvalue weighted by atomic mass is 16.1. The number of carbonyl (C=O) groups excluding carboxylic acids is 1. The van der Waals surface area contributed by atoms with Crippen LogP contribution in [0.15, 0.2) is 36.7 Å². The number of hydrogen-bond acceptors (Lipinski definition) is 4. The second kappa shape index (κ2) is 8.49. The zero-order chi connectivity index (χ0) is 21.2. The number of rotatable bonds is 8. The summed E-state index contributed by atoms with van der Waals surface area (Å²) in [6, 6.07) is 3.60. The Bertz CT molecular complexity index is 858. The van der Waals surface area contributed by atoms with Gasteiger partial charge in [0, 0.05) is 38.4 Å². The molecule has 2 aromatic rings. The number of allylic oxidation sites excluding steroid dienone is 1. The summed E-state index contributed by atoms with van der Waals surface area (Å²) in [6.45, 7) is 16.3. The lowest BCUT2D eigenvalue weighted by molar-refractivity contribution is 0.0958. The Morgan fingerprint density at radius 3 is 2.69 bits per heavy atom.